The highest BCUT2D eigenvalue weighted by Gasteiger charge is 2.21. The van der Waals surface area contributed by atoms with Crippen molar-refractivity contribution in [2.75, 3.05) is 0 Å². The van der Waals surface area contributed by atoms with Crippen molar-refractivity contribution in [3.63, 3.8) is 0 Å². The smallest absolute Gasteiger partial charge is 0.261 e. The molecule has 0 radical (unpaired) electrons. The molecule has 130 valence electrons. The van der Waals surface area contributed by atoms with Crippen molar-refractivity contribution in [1.29, 1.82) is 0 Å². The zero-order chi connectivity index (χ0) is 18.0. The molecule has 0 bridgehead atoms. The summed E-state index contributed by atoms with van der Waals surface area (Å²) in [7, 11) is 0. The maximum absolute atomic E-state index is 12.4. The standard InChI is InChI=1S/C17H16Cl2N4O2/c1-10(16-22-21-15-5-3-4-8-23(15)16)20-17(24)11(2)25-14-7-6-12(18)9-13(14)19/h3-11H,1-2H3,(H,20,24)/t10-,11+/m0/s1. The Labute approximate surface area is 154 Å². The molecule has 0 aliphatic carbocycles. The fourth-order valence-corrected chi connectivity index (χ4v) is 2.82. The molecule has 25 heavy (non-hydrogen) atoms. The minimum absolute atomic E-state index is 0.286. The van der Waals surface area contributed by atoms with Crippen LogP contribution in [0.15, 0.2) is 42.6 Å². The predicted octanol–water partition coefficient (Wildman–Crippen LogP) is 3.68. The molecule has 1 aromatic carbocycles. The Morgan fingerprint density at radius 2 is 2.00 bits per heavy atom. The molecule has 0 spiro atoms. The Hall–Kier alpha value is -2.31. The van der Waals surface area contributed by atoms with Crippen molar-refractivity contribution in [3.05, 3.63) is 58.5 Å². The second-order valence-corrected chi connectivity index (χ2v) is 6.40. The van der Waals surface area contributed by atoms with E-state index < -0.39 is 6.10 Å². The van der Waals surface area contributed by atoms with Gasteiger partial charge in [-0.2, -0.15) is 0 Å². The monoisotopic (exact) mass is 378 g/mol. The fraction of sp³-hybridized carbons (Fsp3) is 0.235. The fourth-order valence-electron chi connectivity index (χ4n) is 2.37. The maximum Gasteiger partial charge on any atom is 0.261 e. The van der Waals surface area contributed by atoms with Gasteiger partial charge in [0.2, 0.25) is 0 Å². The molecule has 2 aromatic heterocycles. The zero-order valence-electron chi connectivity index (χ0n) is 13.6. The number of carbonyl (C=O) groups excluding carboxylic acids is 1. The molecule has 0 saturated carbocycles. The number of rotatable bonds is 5. The summed E-state index contributed by atoms with van der Waals surface area (Å²) in [5.74, 6) is 0.751. The SMILES string of the molecule is C[C@H](NC(=O)[C@@H](C)Oc1ccc(Cl)cc1Cl)c1nnc2ccccn12. The molecule has 2 atom stereocenters. The van der Waals surface area contributed by atoms with Crippen LogP contribution in [0.5, 0.6) is 5.75 Å². The van der Waals surface area contributed by atoms with Crippen LogP contribution in [0.1, 0.15) is 25.7 Å². The predicted molar refractivity (Wildman–Crippen MR) is 96.1 cm³/mol. The molecule has 0 fully saturated rings. The van der Waals surface area contributed by atoms with Gasteiger partial charge in [-0.1, -0.05) is 29.3 Å². The van der Waals surface area contributed by atoms with Crippen LogP contribution in [0.3, 0.4) is 0 Å². The van der Waals surface area contributed by atoms with Gasteiger partial charge in [-0.15, -0.1) is 10.2 Å². The van der Waals surface area contributed by atoms with Crippen molar-refractivity contribution >= 4 is 34.8 Å². The first-order valence-electron chi connectivity index (χ1n) is 7.67. The first kappa shape index (κ1) is 17.5. The Balaban J connectivity index is 1.68. The minimum atomic E-state index is -0.736. The van der Waals surface area contributed by atoms with Crippen molar-refractivity contribution in [2.45, 2.75) is 26.0 Å². The van der Waals surface area contributed by atoms with Gasteiger partial charge >= 0.3 is 0 Å². The van der Waals surface area contributed by atoms with Crippen LogP contribution in [-0.4, -0.2) is 26.6 Å². The van der Waals surface area contributed by atoms with Gasteiger partial charge in [-0.3, -0.25) is 9.20 Å². The lowest BCUT2D eigenvalue weighted by atomic mass is 10.2. The van der Waals surface area contributed by atoms with E-state index in [2.05, 4.69) is 15.5 Å². The number of amides is 1. The first-order valence-corrected chi connectivity index (χ1v) is 8.43. The Kier molecular flexibility index (Phi) is 5.11. The first-order chi connectivity index (χ1) is 12.0. The van der Waals surface area contributed by atoms with Gasteiger partial charge in [-0.25, -0.2) is 0 Å². The summed E-state index contributed by atoms with van der Waals surface area (Å²) in [5.41, 5.74) is 0.718. The summed E-state index contributed by atoms with van der Waals surface area (Å²) in [6, 6.07) is 10.1. The summed E-state index contributed by atoms with van der Waals surface area (Å²) < 4.78 is 7.45. The third-order valence-electron chi connectivity index (χ3n) is 3.65. The maximum atomic E-state index is 12.4. The molecule has 2 heterocycles. The largest absolute Gasteiger partial charge is 0.479 e. The van der Waals surface area contributed by atoms with Crippen molar-refractivity contribution < 1.29 is 9.53 Å². The average molecular weight is 379 g/mol. The third kappa shape index (κ3) is 3.86. The second-order valence-electron chi connectivity index (χ2n) is 5.55. The van der Waals surface area contributed by atoms with E-state index in [0.29, 0.717) is 21.6 Å². The topological polar surface area (TPSA) is 68.5 Å². The van der Waals surface area contributed by atoms with E-state index >= 15 is 0 Å². The normalized spacial score (nSPS) is 13.4. The van der Waals surface area contributed by atoms with Crippen LogP contribution in [-0.2, 0) is 4.79 Å². The minimum Gasteiger partial charge on any atom is -0.479 e. The van der Waals surface area contributed by atoms with Gasteiger partial charge in [0.05, 0.1) is 11.1 Å². The molecule has 1 N–H and O–H groups in total. The number of nitrogens with zero attached hydrogens (tertiary/aromatic N) is 3. The number of pyridine rings is 1. The number of hydrogen-bond acceptors (Lipinski definition) is 4. The molecular formula is C17H16Cl2N4O2. The third-order valence-corrected chi connectivity index (χ3v) is 4.18. The Bertz CT molecular complexity index is 913. The summed E-state index contributed by atoms with van der Waals surface area (Å²) in [4.78, 5) is 12.4. The lowest BCUT2D eigenvalue weighted by Gasteiger charge is -2.18. The van der Waals surface area contributed by atoms with E-state index in [0.717, 1.165) is 5.65 Å². The van der Waals surface area contributed by atoms with Gasteiger partial charge in [0.1, 0.15) is 5.75 Å². The highest BCUT2D eigenvalue weighted by Crippen LogP contribution is 2.28. The molecule has 3 aromatic rings. The van der Waals surface area contributed by atoms with Crippen LogP contribution >= 0.6 is 23.2 Å². The second kappa shape index (κ2) is 7.29. The van der Waals surface area contributed by atoms with Gasteiger partial charge in [0, 0.05) is 11.2 Å². The number of halogens is 2. The van der Waals surface area contributed by atoms with E-state index in [1.807, 2.05) is 35.7 Å². The van der Waals surface area contributed by atoms with Crippen LogP contribution < -0.4 is 10.1 Å². The number of carbonyl (C=O) groups is 1. The summed E-state index contributed by atoms with van der Waals surface area (Å²) in [6.45, 7) is 3.48. The molecule has 0 saturated heterocycles. The number of benzene rings is 1. The molecular weight excluding hydrogens is 363 g/mol. The summed E-state index contributed by atoms with van der Waals surface area (Å²) in [5, 5.41) is 11.9. The lowest BCUT2D eigenvalue weighted by Crippen LogP contribution is -2.38. The highest BCUT2D eigenvalue weighted by molar-refractivity contribution is 6.35. The molecule has 0 aliphatic rings. The quantitative estimate of drug-likeness (QED) is 0.734. The molecule has 3 rings (SSSR count). The van der Waals surface area contributed by atoms with E-state index in [1.165, 1.54) is 0 Å². The van der Waals surface area contributed by atoms with Gasteiger partial charge in [-0.05, 0) is 44.2 Å². The van der Waals surface area contributed by atoms with E-state index in [9.17, 15) is 4.79 Å². The molecule has 0 unspecified atom stereocenters. The number of hydrogen-bond donors (Lipinski definition) is 1. The van der Waals surface area contributed by atoms with Crippen molar-refractivity contribution in [1.82, 2.24) is 19.9 Å². The number of ether oxygens (including phenoxy) is 1. The highest BCUT2D eigenvalue weighted by atomic mass is 35.5. The van der Waals surface area contributed by atoms with Gasteiger partial charge in [0.25, 0.3) is 5.91 Å². The molecule has 0 aliphatic heterocycles. The number of fused-ring (bicyclic) bond motifs is 1. The van der Waals surface area contributed by atoms with Crippen molar-refractivity contribution in [3.8, 4) is 5.75 Å². The van der Waals surface area contributed by atoms with Crippen LogP contribution in [0.4, 0.5) is 0 Å². The Morgan fingerprint density at radius 3 is 2.76 bits per heavy atom. The zero-order valence-corrected chi connectivity index (χ0v) is 15.1. The summed E-state index contributed by atoms with van der Waals surface area (Å²) in [6.07, 6.45) is 1.11. The lowest BCUT2D eigenvalue weighted by molar-refractivity contribution is -0.128. The summed E-state index contributed by atoms with van der Waals surface area (Å²) >= 11 is 11.9. The molecule has 1 amide bonds. The number of nitrogens with one attached hydrogen (secondary N) is 1. The molecule has 6 nitrogen and oxygen atoms in total. The van der Waals surface area contributed by atoms with Gasteiger partial charge in [0.15, 0.2) is 17.6 Å². The van der Waals surface area contributed by atoms with Crippen molar-refractivity contribution in [2.24, 2.45) is 0 Å². The number of aromatic nitrogens is 3. The van der Waals surface area contributed by atoms with Crippen LogP contribution in [0, 0.1) is 0 Å². The average Bonchev–Trinajstić information content (AvgIpc) is 3.01. The van der Waals surface area contributed by atoms with E-state index in [-0.39, 0.29) is 11.9 Å². The van der Waals surface area contributed by atoms with Crippen LogP contribution in [0.2, 0.25) is 10.0 Å². The molecule has 8 heteroatoms. The van der Waals surface area contributed by atoms with Gasteiger partial charge < -0.3 is 10.1 Å². The van der Waals surface area contributed by atoms with E-state index in [1.54, 1.807) is 25.1 Å². The van der Waals surface area contributed by atoms with E-state index in [4.69, 9.17) is 27.9 Å². The Morgan fingerprint density at radius 1 is 1.20 bits per heavy atom. The van der Waals surface area contributed by atoms with Crippen LogP contribution in [0.25, 0.3) is 5.65 Å².